The van der Waals surface area contributed by atoms with Crippen LogP contribution in [0.25, 0.3) is 5.69 Å². The zero-order chi connectivity index (χ0) is 19.3. The molecular formula is C20H25N5O3. The van der Waals surface area contributed by atoms with E-state index in [1.54, 1.807) is 12.5 Å². The second-order valence-corrected chi connectivity index (χ2v) is 7.05. The van der Waals surface area contributed by atoms with Crippen molar-refractivity contribution in [3.63, 3.8) is 0 Å². The molecule has 2 aliphatic rings. The van der Waals surface area contributed by atoms with Crippen molar-refractivity contribution in [2.45, 2.75) is 0 Å². The fourth-order valence-corrected chi connectivity index (χ4v) is 3.62. The van der Waals surface area contributed by atoms with Gasteiger partial charge in [0.1, 0.15) is 5.69 Å². The van der Waals surface area contributed by atoms with Crippen molar-refractivity contribution in [1.82, 2.24) is 24.3 Å². The number of hydrogen-bond donors (Lipinski definition) is 0. The monoisotopic (exact) mass is 383 g/mol. The first-order valence-electron chi connectivity index (χ1n) is 9.67. The van der Waals surface area contributed by atoms with Gasteiger partial charge in [0.05, 0.1) is 32.3 Å². The summed E-state index contributed by atoms with van der Waals surface area (Å²) in [6.45, 7) is 5.57. The van der Waals surface area contributed by atoms with E-state index in [1.807, 2.05) is 44.7 Å². The summed E-state index contributed by atoms with van der Waals surface area (Å²) in [5.74, 6) is 0.116. The van der Waals surface area contributed by atoms with Gasteiger partial charge in [-0.15, -0.1) is 0 Å². The van der Waals surface area contributed by atoms with E-state index < -0.39 is 0 Å². The zero-order valence-corrected chi connectivity index (χ0v) is 15.9. The number of imidazole rings is 1. The maximum Gasteiger partial charge on any atom is 0.272 e. The summed E-state index contributed by atoms with van der Waals surface area (Å²) in [4.78, 5) is 35.4. The molecule has 8 nitrogen and oxygen atoms in total. The summed E-state index contributed by atoms with van der Waals surface area (Å²) >= 11 is 0. The van der Waals surface area contributed by atoms with Crippen molar-refractivity contribution in [3.05, 3.63) is 48.5 Å². The highest BCUT2D eigenvalue weighted by Gasteiger charge is 2.27. The molecular weight excluding hydrogens is 358 g/mol. The lowest BCUT2D eigenvalue weighted by molar-refractivity contribution is -0.136. The van der Waals surface area contributed by atoms with Gasteiger partial charge in [0.2, 0.25) is 5.91 Å². The van der Waals surface area contributed by atoms with Gasteiger partial charge in [-0.3, -0.25) is 19.1 Å². The SMILES string of the molecule is O=C(CN1CCN(C(=O)c2cncn2-c2ccccc2)CC1)N1CCOCC1. The fourth-order valence-electron chi connectivity index (χ4n) is 3.62. The number of carbonyl (C=O) groups excluding carboxylic acids is 2. The van der Waals surface area contributed by atoms with Crippen molar-refractivity contribution in [1.29, 1.82) is 0 Å². The molecule has 2 fully saturated rings. The lowest BCUT2D eigenvalue weighted by atomic mass is 10.2. The molecule has 0 spiro atoms. The van der Waals surface area contributed by atoms with Gasteiger partial charge < -0.3 is 14.5 Å². The van der Waals surface area contributed by atoms with E-state index in [9.17, 15) is 9.59 Å². The molecule has 3 heterocycles. The summed E-state index contributed by atoms with van der Waals surface area (Å²) in [6, 6.07) is 9.72. The van der Waals surface area contributed by atoms with Gasteiger partial charge in [-0.1, -0.05) is 18.2 Å². The maximum absolute atomic E-state index is 13.0. The van der Waals surface area contributed by atoms with Gasteiger partial charge in [-0.2, -0.15) is 0 Å². The largest absolute Gasteiger partial charge is 0.378 e. The van der Waals surface area contributed by atoms with Crippen LogP contribution in [0.15, 0.2) is 42.9 Å². The number of piperazine rings is 1. The Morgan fingerprint density at radius 3 is 2.36 bits per heavy atom. The van der Waals surface area contributed by atoms with E-state index in [1.165, 1.54) is 0 Å². The molecule has 4 rings (SSSR count). The lowest BCUT2D eigenvalue weighted by Crippen LogP contribution is -2.52. The number of benzene rings is 1. The molecule has 0 bridgehead atoms. The molecule has 0 N–H and O–H groups in total. The molecule has 2 amide bonds. The van der Waals surface area contributed by atoms with E-state index in [2.05, 4.69) is 9.88 Å². The van der Waals surface area contributed by atoms with Gasteiger partial charge >= 0.3 is 0 Å². The Morgan fingerprint density at radius 2 is 1.64 bits per heavy atom. The minimum atomic E-state index is -0.0273. The van der Waals surface area contributed by atoms with Crippen LogP contribution < -0.4 is 0 Å². The Labute approximate surface area is 164 Å². The molecule has 2 saturated heterocycles. The molecule has 1 aromatic carbocycles. The van der Waals surface area contributed by atoms with Crippen molar-refractivity contribution in [3.8, 4) is 5.69 Å². The van der Waals surface area contributed by atoms with Crippen molar-refractivity contribution in [2.75, 3.05) is 59.0 Å². The van der Waals surface area contributed by atoms with E-state index in [-0.39, 0.29) is 11.8 Å². The van der Waals surface area contributed by atoms with Crippen LogP contribution in [0.3, 0.4) is 0 Å². The Hall–Kier alpha value is -2.71. The second kappa shape index (κ2) is 8.53. The van der Waals surface area contributed by atoms with E-state index in [4.69, 9.17) is 4.74 Å². The van der Waals surface area contributed by atoms with Gasteiger partial charge in [0.15, 0.2) is 0 Å². The molecule has 8 heteroatoms. The van der Waals surface area contributed by atoms with Crippen LogP contribution in [-0.2, 0) is 9.53 Å². The number of ether oxygens (including phenoxy) is 1. The van der Waals surface area contributed by atoms with Crippen LogP contribution in [0.4, 0.5) is 0 Å². The Kier molecular flexibility index (Phi) is 5.68. The standard InChI is InChI=1S/C20H25N5O3/c26-19(23-10-12-28-13-11-23)15-22-6-8-24(9-7-22)20(27)18-14-21-16-25(18)17-4-2-1-3-5-17/h1-5,14,16H,6-13,15H2. The van der Waals surface area contributed by atoms with Gasteiger partial charge in [-0.05, 0) is 12.1 Å². The number of rotatable bonds is 4. The first-order chi connectivity index (χ1) is 13.7. The van der Waals surface area contributed by atoms with E-state index in [0.29, 0.717) is 64.7 Å². The fraction of sp³-hybridized carbons (Fsp3) is 0.450. The lowest BCUT2D eigenvalue weighted by Gasteiger charge is -2.36. The summed E-state index contributed by atoms with van der Waals surface area (Å²) in [5, 5.41) is 0. The van der Waals surface area contributed by atoms with Crippen LogP contribution in [0.2, 0.25) is 0 Å². The highest BCUT2D eigenvalue weighted by Crippen LogP contribution is 2.14. The van der Waals surface area contributed by atoms with E-state index in [0.717, 1.165) is 5.69 Å². The summed E-state index contributed by atoms with van der Waals surface area (Å²) in [6.07, 6.45) is 3.28. The topological polar surface area (TPSA) is 70.9 Å². The van der Waals surface area contributed by atoms with Crippen LogP contribution in [0.1, 0.15) is 10.5 Å². The van der Waals surface area contributed by atoms with Crippen molar-refractivity contribution in [2.24, 2.45) is 0 Å². The summed E-state index contributed by atoms with van der Waals surface area (Å²) in [5.41, 5.74) is 1.47. The van der Waals surface area contributed by atoms with Crippen LogP contribution >= 0.6 is 0 Å². The van der Waals surface area contributed by atoms with Gasteiger partial charge in [-0.25, -0.2) is 4.98 Å². The molecule has 0 atom stereocenters. The summed E-state index contributed by atoms with van der Waals surface area (Å²) in [7, 11) is 0. The van der Waals surface area contributed by atoms with Crippen LogP contribution in [0, 0.1) is 0 Å². The van der Waals surface area contributed by atoms with Crippen LogP contribution in [-0.4, -0.2) is 95.1 Å². The third kappa shape index (κ3) is 4.07. The minimum Gasteiger partial charge on any atom is -0.378 e. The number of morpholine rings is 1. The molecule has 2 aromatic rings. The molecule has 0 aliphatic carbocycles. The van der Waals surface area contributed by atoms with E-state index >= 15 is 0 Å². The Morgan fingerprint density at radius 1 is 0.929 bits per heavy atom. The summed E-state index contributed by atoms with van der Waals surface area (Å²) < 4.78 is 7.11. The Balaban J connectivity index is 1.34. The van der Waals surface area contributed by atoms with Crippen molar-refractivity contribution < 1.29 is 14.3 Å². The molecule has 1 aromatic heterocycles. The Bertz CT molecular complexity index is 808. The number of para-hydroxylation sites is 1. The molecule has 0 unspecified atom stereocenters. The molecule has 148 valence electrons. The zero-order valence-electron chi connectivity index (χ0n) is 15.9. The average Bonchev–Trinajstić information content (AvgIpc) is 3.25. The number of nitrogens with zero attached hydrogens (tertiary/aromatic N) is 5. The van der Waals surface area contributed by atoms with Crippen LogP contribution in [0.5, 0.6) is 0 Å². The normalized spacial score (nSPS) is 18.3. The average molecular weight is 383 g/mol. The highest BCUT2D eigenvalue weighted by atomic mass is 16.5. The highest BCUT2D eigenvalue weighted by molar-refractivity contribution is 5.93. The number of hydrogen-bond acceptors (Lipinski definition) is 5. The predicted molar refractivity (Wildman–Crippen MR) is 103 cm³/mol. The maximum atomic E-state index is 13.0. The first-order valence-corrected chi connectivity index (χ1v) is 9.67. The third-order valence-corrected chi connectivity index (χ3v) is 5.27. The quantitative estimate of drug-likeness (QED) is 0.769. The smallest absolute Gasteiger partial charge is 0.272 e. The van der Waals surface area contributed by atoms with Gasteiger partial charge in [0.25, 0.3) is 5.91 Å². The minimum absolute atomic E-state index is 0.0273. The second-order valence-electron chi connectivity index (χ2n) is 7.05. The first kappa shape index (κ1) is 18.6. The third-order valence-electron chi connectivity index (χ3n) is 5.27. The predicted octanol–water partition coefficient (Wildman–Crippen LogP) is 0.489. The molecule has 0 saturated carbocycles. The number of aromatic nitrogens is 2. The molecule has 28 heavy (non-hydrogen) atoms. The van der Waals surface area contributed by atoms with Gasteiger partial charge in [0, 0.05) is 45.0 Å². The number of amides is 2. The van der Waals surface area contributed by atoms with Crippen molar-refractivity contribution >= 4 is 11.8 Å². The molecule has 2 aliphatic heterocycles. The number of carbonyl (C=O) groups is 2. The molecule has 0 radical (unpaired) electrons.